The summed E-state index contributed by atoms with van der Waals surface area (Å²) in [5, 5.41) is 16.0. The molecule has 5 atom stereocenters. The van der Waals surface area contributed by atoms with Gasteiger partial charge in [0.25, 0.3) is 0 Å². The van der Waals surface area contributed by atoms with Crippen LogP contribution < -0.4 is 10.6 Å². The average Bonchev–Trinajstić information content (AvgIpc) is 3.27. The summed E-state index contributed by atoms with van der Waals surface area (Å²) in [6.45, 7) is 5.63. The predicted octanol–water partition coefficient (Wildman–Crippen LogP) is 4.13. The molecule has 4 amide bonds. The molecule has 0 aromatic heterocycles. The van der Waals surface area contributed by atoms with Crippen LogP contribution in [0.5, 0.6) is 0 Å². The van der Waals surface area contributed by atoms with Crippen LogP contribution in [0.1, 0.15) is 76.8 Å². The number of amides is 4. The Morgan fingerprint density at radius 1 is 1.13 bits per heavy atom. The van der Waals surface area contributed by atoms with Gasteiger partial charge in [0.15, 0.2) is 0 Å². The molecular weight excluding hydrogens is 604 g/mol. The lowest BCUT2D eigenvalue weighted by molar-refractivity contribution is -0.145. The molecule has 0 bridgehead atoms. The number of nitrogens with zero attached hydrogens (tertiary/aromatic N) is 2. The molecule has 3 N–H and O–H groups in total. The molecule has 0 spiro atoms. The highest BCUT2D eigenvalue weighted by atomic mass is 35.5. The molecule has 0 radical (unpaired) electrons. The summed E-state index contributed by atoms with van der Waals surface area (Å²) < 4.78 is 11.2. The van der Waals surface area contributed by atoms with Crippen molar-refractivity contribution in [3.05, 3.63) is 46.5 Å². The van der Waals surface area contributed by atoms with Crippen molar-refractivity contribution in [2.75, 3.05) is 6.54 Å². The van der Waals surface area contributed by atoms with E-state index in [-0.39, 0.29) is 31.8 Å². The maximum atomic E-state index is 14.1. The SMILES string of the molecule is CC(C)(C)OC(=O)N[C@H]1CCCCCC=C[C@@H]2C[C@@]2(C(=O)O)NC(=O)[C@@H]2C[C@@H](OC(=O)N3Cc4cccc(Cl)c4C3)CN2C1=O. The molecule has 1 aliphatic carbocycles. The van der Waals surface area contributed by atoms with E-state index in [0.717, 1.165) is 30.4 Å². The lowest BCUT2D eigenvalue weighted by Gasteiger charge is -2.30. The van der Waals surface area contributed by atoms with Gasteiger partial charge < -0.3 is 30.1 Å². The zero-order valence-corrected chi connectivity index (χ0v) is 26.6. The van der Waals surface area contributed by atoms with Gasteiger partial charge in [-0.1, -0.05) is 48.7 Å². The van der Waals surface area contributed by atoms with Crippen molar-refractivity contribution in [3.8, 4) is 0 Å². The van der Waals surface area contributed by atoms with Gasteiger partial charge in [-0.25, -0.2) is 14.4 Å². The number of aliphatic carboxylic acids is 1. The molecular formula is C32H41ClN4O8. The number of nitrogens with one attached hydrogen (secondary N) is 2. The molecule has 4 aliphatic rings. The molecule has 5 rings (SSSR count). The second-order valence-corrected chi connectivity index (χ2v) is 13.7. The number of ether oxygens (including phenoxy) is 2. The standard InChI is InChI=1S/C32H41ClN4O8/c1-31(2,3)45-29(42)34-24-13-8-6-4-5-7-11-20-15-32(20,28(40)41)35-26(38)25-14-21(17-37(25)27(24)39)44-30(43)36-16-19-10-9-12-23(33)22(19)18-36/h7,9-12,20-21,24-25H,4-6,8,13-18H2,1-3H3,(H,34,42)(H,35,38)(H,40,41)/t20-,21-,24+,25+,32-/m1/s1. The van der Waals surface area contributed by atoms with E-state index in [4.69, 9.17) is 21.1 Å². The first kappa shape index (κ1) is 32.6. The number of benzene rings is 1. The van der Waals surface area contributed by atoms with E-state index in [2.05, 4.69) is 10.6 Å². The van der Waals surface area contributed by atoms with Gasteiger partial charge in [-0.2, -0.15) is 0 Å². The van der Waals surface area contributed by atoms with E-state index in [1.807, 2.05) is 24.3 Å². The van der Waals surface area contributed by atoms with Gasteiger partial charge in [-0.3, -0.25) is 14.5 Å². The Balaban J connectivity index is 1.37. The molecule has 12 nitrogen and oxygen atoms in total. The highest BCUT2D eigenvalue weighted by Gasteiger charge is 2.61. The Hall–Kier alpha value is -3.80. The van der Waals surface area contributed by atoms with Crippen molar-refractivity contribution < 1.29 is 38.6 Å². The van der Waals surface area contributed by atoms with Crippen LogP contribution in [0.25, 0.3) is 0 Å². The molecule has 244 valence electrons. The third-order valence-electron chi connectivity index (χ3n) is 8.76. The van der Waals surface area contributed by atoms with E-state index in [0.29, 0.717) is 24.4 Å². The molecule has 3 heterocycles. The van der Waals surface area contributed by atoms with Gasteiger partial charge in [-0.05, 0) is 63.6 Å². The van der Waals surface area contributed by atoms with Crippen molar-refractivity contribution in [2.24, 2.45) is 5.92 Å². The summed E-state index contributed by atoms with van der Waals surface area (Å²) in [5.41, 5.74) is -0.504. The third-order valence-corrected chi connectivity index (χ3v) is 9.12. The number of rotatable bonds is 3. The number of hydrogen-bond donors (Lipinski definition) is 3. The van der Waals surface area contributed by atoms with Gasteiger partial charge >= 0.3 is 18.2 Å². The number of carbonyl (C=O) groups is 5. The number of carboxylic acid groups (broad SMARTS) is 1. The van der Waals surface area contributed by atoms with Crippen LogP contribution in [-0.4, -0.2) is 80.7 Å². The zero-order valence-electron chi connectivity index (χ0n) is 25.8. The lowest BCUT2D eigenvalue weighted by Crippen LogP contribution is -2.56. The smallest absolute Gasteiger partial charge is 0.410 e. The topological polar surface area (TPSA) is 155 Å². The van der Waals surface area contributed by atoms with Crippen molar-refractivity contribution in [1.82, 2.24) is 20.4 Å². The molecule has 2 fully saturated rings. The van der Waals surface area contributed by atoms with Gasteiger partial charge in [-0.15, -0.1) is 0 Å². The minimum absolute atomic E-state index is 0.0276. The van der Waals surface area contributed by atoms with Gasteiger partial charge in [0.1, 0.15) is 29.3 Å². The second-order valence-electron chi connectivity index (χ2n) is 13.3. The number of carbonyl (C=O) groups excluding carboxylic acids is 4. The lowest BCUT2D eigenvalue weighted by atomic mass is 10.0. The zero-order chi connectivity index (χ0) is 32.5. The van der Waals surface area contributed by atoms with Gasteiger partial charge in [0.05, 0.1) is 13.1 Å². The molecule has 1 aromatic carbocycles. The van der Waals surface area contributed by atoms with Gasteiger partial charge in [0.2, 0.25) is 11.8 Å². The quantitative estimate of drug-likeness (QED) is 0.415. The van der Waals surface area contributed by atoms with Crippen LogP contribution in [0.15, 0.2) is 30.4 Å². The number of hydrogen-bond acceptors (Lipinski definition) is 7. The van der Waals surface area contributed by atoms with Gasteiger partial charge in [0, 0.05) is 23.9 Å². The average molecular weight is 645 g/mol. The molecule has 45 heavy (non-hydrogen) atoms. The predicted molar refractivity (Wildman–Crippen MR) is 163 cm³/mol. The maximum absolute atomic E-state index is 14.1. The van der Waals surface area contributed by atoms with Crippen LogP contribution in [0, 0.1) is 5.92 Å². The molecule has 13 heteroatoms. The van der Waals surface area contributed by atoms with E-state index in [1.54, 1.807) is 26.8 Å². The van der Waals surface area contributed by atoms with Crippen molar-refractivity contribution in [1.29, 1.82) is 0 Å². The normalized spacial score (nSPS) is 28.5. The van der Waals surface area contributed by atoms with Crippen LogP contribution in [-0.2, 0) is 36.9 Å². The Morgan fingerprint density at radius 2 is 1.91 bits per heavy atom. The minimum atomic E-state index is -1.47. The summed E-state index contributed by atoms with van der Waals surface area (Å²) in [7, 11) is 0. The molecule has 3 aliphatic heterocycles. The number of carboxylic acids is 1. The first-order chi connectivity index (χ1) is 21.3. The second kappa shape index (κ2) is 12.9. The Morgan fingerprint density at radius 3 is 2.62 bits per heavy atom. The number of allylic oxidation sites excluding steroid dienone is 1. The number of alkyl carbamates (subject to hydrolysis) is 1. The highest BCUT2D eigenvalue weighted by Crippen LogP contribution is 2.45. The summed E-state index contributed by atoms with van der Waals surface area (Å²) in [5.74, 6) is -2.69. The van der Waals surface area contributed by atoms with E-state index in [9.17, 15) is 29.1 Å². The maximum Gasteiger partial charge on any atom is 0.410 e. The minimum Gasteiger partial charge on any atom is -0.479 e. The first-order valence-electron chi connectivity index (χ1n) is 15.5. The number of halogens is 1. The Labute approximate surface area is 267 Å². The van der Waals surface area contributed by atoms with Crippen LogP contribution in [0.3, 0.4) is 0 Å². The van der Waals surface area contributed by atoms with E-state index < -0.39 is 59.3 Å². The molecule has 0 unspecified atom stereocenters. The van der Waals surface area contributed by atoms with Crippen LogP contribution in [0.4, 0.5) is 9.59 Å². The Bertz CT molecular complexity index is 1390. The van der Waals surface area contributed by atoms with Crippen LogP contribution in [0.2, 0.25) is 5.02 Å². The highest BCUT2D eigenvalue weighted by molar-refractivity contribution is 6.31. The van der Waals surface area contributed by atoms with E-state index in [1.165, 1.54) is 9.80 Å². The number of fused-ring (bicyclic) bond motifs is 3. The fourth-order valence-corrected chi connectivity index (χ4v) is 6.58. The summed E-state index contributed by atoms with van der Waals surface area (Å²) in [6, 6.07) is 3.35. The van der Waals surface area contributed by atoms with Crippen molar-refractivity contribution in [3.63, 3.8) is 0 Å². The fourth-order valence-electron chi connectivity index (χ4n) is 6.32. The fraction of sp³-hybridized carbons (Fsp3) is 0.594. The molecule has 1 saturated heterocycles. The molecule has 1 saturated carbocycles. The first-order valence-corrected chi connectivity index (χ1v) is 15.9. The van der Waals surface area contributed by atoms with Crippen molar-refractivity contribution in [2.45, 2.75) is 108 Å². The summed E-state index contributed by atoms with van der Waals surface area (Å²) >= 11 is 6.32. The molecule has 1 aromatic rings. The monoisotopic (exact) mass is 644 g/mol. The largest absolute Gasteiger partial charge is 0.479 e. The van der Waals surface area contributed by atoms with Crippen molar-refractivity contribution >= 4 is 41.6 Å². The van der Waals surface area contributed by atoms with E-state index >= 15 is 0 Å². The summed E-state index contributed by atoms with van der Waals surface area (Å²) in [4.78, 5) is 68.9. The summed E-state index contributed by atoms with van der Waals surface area (Å²) in [6.07, 6.45) is 5.04. The Kier molecular flexibility index (Phi) is 9.34. The van der Waals surface area contributed by atoms with Crippen LogP contribution >= 0.6 is 11.6 Å². The third kappa shape index (κ3) is 7.37.